The Kier molecular flexibility index (Phi) is 8.62. The average molecular weight is 642 g/mol. The van der Waals surface area contributed by atoms with Gasteiger partial charge in [0.2, 0.25) is 0 Å². The minimum atomic E-state index is -4.68. The van der Waals surface area contributed by atoms with E-state index < -0.39 is 41.3 Å². The van der Waals surface area contributed by atoms with E-state index in [4.69, 9.17) is 9.84 Å². The van der Waals surface area contributed by atoms with Gasteiger partial charge in [-0.25, -0.2) is 9.07 Å². The number of anilines is 1. The molecule has 0 radical (unpaired) electrons. The van der Waals surface area contributed by atoms with Crippen LogP contribution in [0.25, 0.3) is 0 Å². The first kappa shape index (κ1) is 31.7. The van der Waals surface area contributed by atoms with Crippen molar-refractivity contribution in [2.24, 2.45) is 5.92 Å². The van der Waals surface area contributed by atoms with Crippen LogP contribution in [0.2, 0.25) is 0 Å². The number of amides is 3. The smallest absolute Gasteiger partial charge is 0.381 e. The van der Waals surface area contributed by atoms with E-state index in [0.717, 1.165) is 24.6 Å². The fraction of sp³-hybridized carbons (Fsp3) is 0.455. The van der Waals surface area contributed by atoms with Crippen LogP contribution in [0, 0.1) is 11.7 Å². The number of likely N-dealkylation sites (tertiary alicyclic amines) is 1. The second kappa shape index (κ2) is 12.5. The van der Waals surface area contributed by atoms with Gasteiger partial charge >= 0.3 is 6.18 Å². The Balaban J connectivity index is 1.52. The van der Waals surface area contributed by atoms with Gasteiger partial charge in [-0.05, 0) is 68.0 Å². The summed E-state index contributed by atoms with van der Waals surface area (Å²) in [5, 5.41) is 7.58. The molecular formula is C33H35F4N5O4. The number of hydrogen-bond acceptors (Lipinski definition) is 5. The third kappa shape index (κ3) is 5.88. The molecule has 2 aromatic carbocycles. The molecule has 46 heavy (non-hydrogen) atoms. The van der Waals surface area contributed by atoms with Crippen LogP contribution >= 0.6 is 0 Å². The third-order valence-corrected chi connectivity index (χ3v) is 9.09. The number of carbonyl (C=O) groups is 3. The number of ether oxygens (including phenoxy) is 1. The van der Waals surface area contributed by atoms with Gasteiger partial charge in [0, 0.05) is 49.9 Å². The molecule has 2 fully saturated rings. The van der Waals surface area contributed by atoms with Gasteiger partial charge in [-0.15, -0.1) is 0 Å². The molecule has 6 rings (SSSR count). The van der Waals surface area contributed by atoms with Gasteiger partial charge in [-0.1, -0.05) is 25.1 Å². The maximum atomic E-state index is 14.4. The first-order valence-corrected chi connectivity index (χ1v) is 15.5. The van der Waals surface area contributed by atoms with E-state index in [1.165, 1.54) is 35.2 Å². The van der Waals surface area contributed by atoms with Gasteiger partial charge in [-0.2, -0.15) is 18.3 Å². The molecule has 0 bridgehead atoms. The van der Waals surface area contributed by atoms with E-state index in [9.17, 15) is 31.9 Å². The topological polar surface area (TPSA) is 96.8 Å². The molecule has 9 nitrogen and oxygen atoms in total. The summed E-state index contributed by atoms with van der Waals surface area (Å²) in [7, 11) is 0. The summed E-state index contributed by atoms with van der Waals surface area (Å²) in [5.41, 5.74) is -0.299. The van der Waals surface area contributed by atoms with Crippen molar-refractivity contribution in [1.82, 2.24) is 20.0 Å². The highest BCUT2D eigenvalue weighted by Gasteiger charge is 2.48. The third-order valence-electron chi connectivity index (χ3n) is 9.09. The normalized spacial score (nSPS) is 22.2. The number of alkyl halides is 3. The molecule has 3 unspecified atom stereocenters. The molecule has 4 heterocycles. The Labute approximate surface area is 263 Å². The summed E-state index contributed by atoms with van der Waals surface area (Å²) >= 11 is 0. The molecule has 0 aliphatic carbocycles. The van der Waals surface area contributed by atoms with Crippen molar-refractivity contribution >= 4 is 23.5 Å². The number of rotatable bonds is 6. The average Bonchev–Trinajstić information content (AvgIpc) is 3.66. The van der Waals surface area contributed by atoms with Crippen molar-refractivity contribution in [3.05, 3.63) is 82.3 Å². The van der Waals surface area contributed by atoms with Crippen LogP contribution in [-0.4, -0.2) is 71.3 Å². The molecule has 3 amide bonds. The Morgan fingerprint density at radius 1 is 1.07 bits per heavy atom. The first-order valence-electron chi connectivity index (χ1n) is 15.5. The lowest BCUT2D eigenvalue weighted by atomic mass is 9.80. The SMILES string of the molecule is CCN1C(=O)C(NC(=O)c2cccc(C(F)(F)F)c2)C(c2ccc(F)cc2)c2c(C(=O)N3CCC(C)C3)nn(C3CCOCC3)c21. The van der Waals surface area contributed by atoms with Crippen molar-refractivity contribution in [3.8, 4) is 0 Å². The van der Waals surface area contributed by atoms with Gasteiger partial charge < -0.3 is 15.0 Å². The fourth-order valence-electron chi connectivity index (χ4n) is 6.73. The summed E-state index contributed by atoms with van der Waals surface area (Å²) in [6.45, 7) is 6.00. The number of carbonyl (C=O) groups excluding carboxylic acids is 3. The molecule has 13 heteroatoms. The summed E-state index contributed by atoms with van der Waals surface area (Å²) in [6, 6.07) is 7.86. The van der Waals surface area contributed by atoms with E-state index >= 15 is 0 Å². The number of nitrogens with one attached hydrogen (secondary N) is 1. The number of likely N-dealkylation sites (N-methyl/N-ethyl adjacent to an activating group) is 1. The fourth-order valence-corrected chi connectivity index (χ4v) is 6.73. The molecule has 1 aromatic heterocycles. The predicted molar refractivity (Wildman–Crippen MR) is 160 cm³/mol. The van der Waals surface area contributed by atoms with Gasteiger partial charge in [0.15, 0.2) is 5.69 Å². The minimum Gasteiger partial charge on any atom is -0.381 e. The highest BCUT2D eigenvalue weighted by molar-refractivity contribution is 6.07. The quantitative estimate of drug-likeness (QED) is 0.375. The standard InChI is InChI=1S/C33H35F4N5O4/c1-3-41-30-26(28(31(44)40-14-11-19(2)18-40)39-42(30)24-12-15-46-16-13-24)25(20-7-9-23(34)10-8-20)27(32(41)45)38-29(43)21-5-4-6-22(17-21)33(35,36)37/h4-10,17,19,24-25,27H,3,11-16,18H2,1-2H3,(H,38,43). The van der Waals surface area contributed by atoms with Crippen molar-refractivity contribution < 1.29 is 36.7 Å². The summed E-state index contributed by atoms with van der Waals surface area (Å²) in [4.78, 5) is 45.4. The zero-order valence-corrected chi connectivity index (χ0v) is 25.5. The molecular weight excluding hydrogens is 606 g/mol. The van der Waals surface area contributed by atoms with Crippen LogP contribution in [0.4, 0.5) is 23.4 Å². The van der Waals surface area contributed by atoms with E-state index in [1.54, 1.807) is 16.5 Å². The molecule has 3 aliphatic rings. The van der Waals surface area contributed by atoms with Crippen LogP contribution in [0.5, 0.6) is 0 Å². The maximum absolute atomic E-state index is 14.4. The number of aromatic nitrogens is 2. The van der Waals surface area contributed by atoms with Gasteiger partial charge in [0.05, 0.1) is 11.6 Å². The maximum Gasteiger partial charge on any atom is 0.416 e. The lowest BCUT2D eigenvalue weighted by Gasteiger charge is -2.39. The highest BCUT2D eigenvalue weighted by Crippen LogP contribution is 2.45. The van der Waals surface area contributed by atoms with E-state index in [0.29, 0.717) is 62.0 Å². The number of benzene rings is 2. The number of halogens is 4. The Bertz CT molecular complexity index is 1630. The van der Waals surface area contributed by atoms with E-state index in [2.05, 4.69) is 12.2 Å². The molecule has 0 spiro atoms. The van der Waals surface area contributed by atoms with Crippen LogP contribution < -0.4 is 10.2 Å². The summed E-state index contributed by atoms with van der Waals surface area (Å²) < 4.78 is 61.9. The van der Waals surface area contributed by atoms with Gasteiger partial charge in [0.1, 0.15) is 17.7 Å². The molecule has 3 aromatic rings. The van der Waals surface area contributed by atoms with Crippen LogP contribution in [0.1, 0.15) is 82.6 Å². The van der Waals surface area contributed by atoms with E-state index in [1.807, 2.05) is 0 Å². The number of nitrogens with zero attached hydrogens (tertiary/aromatic N) is 4. The van der Waals surface area contributed by atoms with Crippen molar-refractivity contribution in [2.75, 3.05) is 37.7 Å². The van der Waals surface area contributed by atoms with Crippen LogP contribution in [-0.2, 0) is 15.7 Å². The Morgan fingerprint density at radius 2 is 1.78 bits per heavy atom. The lowest BCUT2D eigenvalue weighted by molar-refractivity contribution is -0.137. The molecule has 0 saturated carbocycles. The summed E-state index contributed by atoms with van der Waals surface area (Å²) in [5.74, 6) is -2.53. The van der Waals surface area contributed by atoms with Gasteiger partial charge in [-0.3, -0.25) is 19.3 Å². The molecule has 3 aliphatic heterocycles. The second-order valence-corrected chi connectivity index (χ2v) is 12.2. The number of fused-ring (bicyclic) bond motifs is 1. The van der Waals surface area contributed by atoms with Crippen LogP contribution in [0.15, 0.2) is 48.5 Å². The zero-order valence-electron chi connectivity index (χ0n) is 25.5. The molecule has 1 N–H and O–H groups in total. The zero-order chi connectivity index (χ0) is 32.7. The van der Waals surface area contributed by atoms with E-state index in [-0.39, 0.29) is 29.8 Å². The van der Waals surface area contributed by atoms with Crippen molar-refractivity contribution in [3.63, 3.8) is 0 Å². The molecule has 2 saturated heterocycles. The summed E-state index contributed by atoms with van der Waals surface area (Å²) in [6.07, 6.45) is -2.65. The Morgan fingerprint density at radius 3 is 2.41 bits per heavy atom. The lowest BCUT2D eigenvalue weighted by Crippen LogP contribution is -2.56. The first-order chi connectivity index (χ1) is 22.0. The van der Waals surface area contributed by atoms with Crippen molar-refractivity contribution in [2.45, 2.75) is 57.3 Å². The van der Waals surface area contributed by atoms with Crippen LogP contribution in [0.3, 0.4) is 0 Å². The Hall–Kier alpha value is -4.26. The largest absolute Gasteiger partial charge is 0.416 e. The van der Waals surface area contributed by atoms with Crippen molar-refractivity contribution in [1.29, 1.82) is 0 Å². The minimum absolute atomic E-state index is 0.134. The molecule has 3 atom stereocenters. The second-order valence-electron chi connectivity index (χ2n) is 12.2. The predicted octanol–water partition coefficient (Wildman–Crippen LogP) is 5.17. The monoisotopic (exact) mass is 641 g/mol. The highest BCUT2D eigenvalue weighted by atomic mass is 19.4. The number of hydrogen-bond donors (Lipinski definition) is 1. The molecule has 244 valence electrons. The van der Waals surface area contributed by atoms with Gasteiger partial charge in [0.25, 0.3) is 17.7 Å².